The third kappa shape index (κ3) is 5.62. The van der Waals surface area contributed by atoms with Crippen molar-refractivity contribution in [1.29, 1.82) is 0 Å². The number of carbonyl (C=O) groups excluding carboxylic acids is 2. The van der Waals surface area contributed by atoms with Crippen LogP contribution in [0.2, 0.25) is 0 Å². The third-order valence-electron chi connectivity index (χ3n) is 14.2. The van der Waals surface area contributed by atoms with Crippen molar-refractivity contribution in [3.63, 3.8) is 0 Å². The Bertz CT molecular complexity index is 2450. The van der Waals surface area contributed by atoms with Gasteiger partial charge in [0.1, 0.15) is 17.9 Å². The first-order chi connectivity index (χ1) is 27.6. The second-order valence-electron chi connectivity index (χ2n) is 17.4. The van der Waals surface area contributed by atoms with Crippen LogP contribution < -0.4 is 9.46 Å². The van der Waals surface area contributed by atoms with Gasteiger partial charge in [-0.3, -0.25) is 9.48 Å². The first-order valence-electron chi connectivity index (χ1n) is 21.0. The van der Waals surface area contributed by atoms with E-state index in [0.717, 1.165) is 103 Å². The van der Waals surface area contributed by atoms with Crippen molar-refractivity contribution in [2.24, 2.45) is 0 Å². The van der Waals surface area contributed by atoms with Gasteiger partial charge in [-0.05, 0) is 98.6 Å². The Hall–Kier alpha value is -4.30. The first kappa shape index (κ1) is 37.0. The standard InChI is InChI=1S/C44H52N6O6S/c1-5-47-32-22-38-43(47)50(38,25-32)44(52)36-23-45-49(31-15-17-56-18-16-31)40(36)30-19-29-20-33(55-4)12-14-34(29)41-39(27-9-7-6-8-10-27)35-13-11-28(21-37(35)48(41)24-30)42(51)46-57(53,54)26(2)3/h11-14,19-21,23,26-27,31-32,38,43H,5-10,15-18,22,24-25H2,1-4H3/p+1/t32-,38-,43?,50?/m0/s1. The Morgan fingerprint density at radius 1 is 1.02 bits per heavy atom. The maximum Gasteiger partial charge on any atom is 0.351 e. The van der Waals surface area contributed by atoms with Gasteiger partial charge in [0.05, 0.1) is 48.6 Å². The van der Waals surface area contributed by atoms with Gasteiger partial charge in [0.2, 0.25) is 16.2 Å². The van der Waals surface area contributed by atoms with Crippen LogP contribution in [0.25, 0.3) is 33.8 Å². The quantitative estimate of drug-likeness (QED) is 0.147. The van der Waals surface area contributed by atoms with Gasteiger partial charge in [0, 0.05) is 48.2 Å². The van der Waals surface area contributed by atoms with E-state index in [4.69, 9.17) is 14.6 Å². The lowest BCUT2D eigenvalue weighted by Gasteiger charge is -2.25. The molecule has 57 heavy (non-hydrogen) atoms. The van der Waals surface area contributed by atoms with E-state index in [1.807, 2.05) is 24.4 Å². The second-order valence-corrected chi connectivity index (χ2v) is 19.6. The number of quaternary nitrogens is 1. The number of amides is 2. The predicted molar refractivity (Wildman–Crippen MR) is 218 cm³/mol. The van der Waals surface area contributed by atoms with Crippen molar-refractivity contribution >= 4 is 44.4 Å². The van der Waals surface area contributed by atoms with E-state index >= 15 is 4.79 Å². The fourth-order valence-corrected chi connectivity index (χ4v) is 11.9. The number of nitrogens with one attached hydrogen (secondary N) is 1. The summed E-state index contributed by atoms with van der Waals surface area (Å²) in [6.07, 6.45) is 12.6. The number of allylic oxidation sites excluding steroid dienone is 1. The van der Waals surface area contributed by atoms with Gasteiger partial charge in [-0.15, -0.1) is 0 Å². The highest BCUT2D eigenvalue weighted by atomic mass is 32.2. The van der Waals surface area contributed by atoms with Gasteiger partial charge in [0.25, 0.3) is 5.91 Å². The second kappa shape index (κ2) is 13.6. The number of aromatic nitrogens is 3. The number of ether oxygens (including phenoxy) is 2. The maximum absolute atomic E-state index is 15.2. The molecule has 1 aliphatic carbocycles. The van der Waals surface area contributed by atoms with Gasteiger partial charge in [-0.2, -0.15) is 5.10 Å². The number of fused-ring (bicyclic) bond motifs is 5. The molecule has 5 saturated heterocycles. The summed E-state index contributed by atoms with van der Waals surface area (Å²) in [5, 5.41) is 5.38. The number of carbonyl (C=O) groups is 2. The van der Waals surface area contributed by atoms with Crippen molar-refractivity contribution in [3.8, 4) is 17.0 Å². The topological polar surface area (TPSA) is 125 Å². The van der Waals surface area contributed by atoms with Crippen LogP contribution in [0.1, 0.15) is 122 Å². The molecule has 7 aliphatic rings. The summed E-state index contributed by atoms with van der Waals surface area (Å²) in [4.78, 5) is 31.4. The van der Waals surface area contributed by atoms with E-state index in [0.29, 0.717) is 47.8 Å². The van der Waals surface area contributed by atoms with E-state index in [1.54, 1.807) is 27.0 Å². The lowest BCUT2D eigenvalue weighted by Crippen LogP contribution is -2.35. The summed E-state index contributed by atoms with van der Waals surface area (Å²) in [7, 11) is -2.16. The van der Waals surface area contributed by atoms with Gasteiger partial charge in [0.15, 0.2) is 6.04 Å². The Kier molecular flexibility index (Phi) is 8.86. The van der Waals surface area contributed by atoms with Crippen LogP contribution in [0.4, 0.5) is 0 Å². The van der Waals surface area contributed by atoms with Gasteiger partial charge in [-0.1, -0.05) is 32.3 Å². The molecule has 11 rings (SSSR count). The Labute approximate surface area is 334 Å². The molecule has 13 heteroatoms. The summed E-state index contributed by atoms with van der Waals surface area (Å²) in [6.45, 7) is 8.83. The summed E-state index contributed by atoms with van der Waals surface area (Å²) < 4.78 is 44.6. The number of benzene rings is 2. The van der Waals surface area contributed by atoms with Gasteiger partial charge >= 0.3 is 5.91 Å². The van der Waals surface area contributed by atoms with E-state index in [-0.39, 0.29) is 23.7 Å². The third-order valence-corrected chi connectivity index (χ3v) is 15.9. The molecule has 4 aromatic rings. The van der Waals surface area contributed by atoms with E-state index in [2.05, 4.69) is 44.0 Å². The smallest absolute Gasteiger partial charge is 0.351 e. The zero-order valence-electron chi connectivity index (χ0n) is 33.4. The SMILES string of the molecule is CCN1C2[C@@H]3C[C@H]1C[N+]23C(=O)c1cnn(C2CCOCC2)c1C1=Cc2cc(OC)ccc2-c2c(C3CCCCC3)c3ccc(C(=O)NS(=O)(=O)C(C)C)cc3n2C1. The number of rotatable bonds is 9. The zero-order chi connectivity index (χ0) is 39.4. The van der Waals surface area contributed by atoms with Crippen LogP contribution in [0, 0.1) is 0 Å². The van der Waals surface area contributed by atoms with Crippen LogP contribution in [-0.4, -0.2) is 101 Å². The van der Waals surface area contributed by atoms with E-state index < -0.39 is 21.2 Å². The summed E-state index contributed by atoms with van der Waals surface area (Å²) in [5.74, 6) is 0.582. The van der Waals surface area contributed by atoms with Crippen LogP contribution in [0.3, 0.4) is 0 Å². The molecule has 300 valence electrons. The van der Waals surface area contributed by atoms with Crippen molar-refractivity contribution in [3.05, 3.63) is 70.5 Å². The number of piperidine rings is 1. The molecule has 0 radical (unpaired) electrons. The minimum atomic E-state index is -3.84. The van der Waals surface area contributed by atoms with E-state index in [9.17, 15) is 13.2 Å². The summed E-state index contributed by atoms with van der Waals surface area (Å²) >= 11 is 0. The number of hydrogen-bond acceptors (Lipinski definition) is 8. The van der Waals surface area contributed by atoms with Crippen molar-refractivity contribution in [2.75, 3.05) is 33.4 Å². The number of nitrogens with zero attached hydrogens (tertiary/aromatic N) is 5. The normalized spacial score (nSPS) is 26.0. The lowest BCUT2D eigenvalue weighted by atomic mass is 9.81. The average molecular weight is 794 g/mol. The Morgan fingerprint density at radius 2 is 1.81 bits per heavy atom. The van der Waals surface area contributed by atoms with Crippen molar-refractivity contribution in [2.45, 2.75) is 114 Å². The minimum absolute atomic E-state index is 0.0745. The first-order valence-corrected chi connectivity index (χ1v) is 22.5. The lowest BCUT2D eigenvalue weighted by molar-refractivity contribution is -0.724. The molecule has 2 amide bonds. The molecular weight excluding hydrogens is 741 g/mol. The van der Waals surface area contributed by atoms with Crippen LogP contribution in [-0.2, 0) is 21.3 Å². The number of likely N-dealkylation sites (N-methyl/N-ethyl adjacent to an activating group) is 1. The van der Waals surface area contributed by atoms with Crippen LogP contribution >= 0.6 is 0 Å². The van der Waals surface area contributed by atoms with Crippen LogP contribution in [0.5, 0.6) is 5.75 Å². The molecule has 4 bridgehead atoms. The van der Waals surface area contributed by atoms with Crippen LogP contribution in [0.15, 0.2) is 42.6 Å². The number of methoxy groups -OCH3 is 1. The fourth-order valence-electron chi connectivity index (χ4n) is 11.3. The molecule has 2 unspecified atom stereocenters. The largest absolute Gasteiger partial charge is 0.497 e. The fraction of sp³-hybridized carbons (Fsp3) is 0.523. The molecule has 4 atom stereocenters. The monoisotopic (exact) mass is 793 g/mol. The number of sulfonamides is 1. The molecular formula is C44H53N6O6S+. The Morgan fingerprint density at radius 3 is 2.51 bits per heavy atom. The number of piperazine rings is 1. The van der Waals surface area contributed by atoms with Crippen molar-refractivity contribution in [1.82, 2.24) is 24.0 Å². The van der Waals surface area contributed by atoms with E-state index in [1.165, 1.54) is 12.0 Å². The molecule has 6 fully saturated rings. The molecule has 12 nitrogen and oxygen atoms in total. The molecule has 0 spiro atoms. The highest BCUT2D eigenvalue weighted by Crippen LogP contribution is 2.60. The summed E-state index contributed by atoms with van der Waals surface area (Å²) in [5.41, 5.74) is 8.08. The highest BCUT2D eigenvalue weighted by molar-refractivity contribution is 7.90. The maximum atomic E-state index is 15.2. The van der Waals surface area contributed by atoms with Gasteiger partial charge in [-0.25, -0.2) is 27.3 Å². The molecule has 6 aliphatic heterocycles. The average Bonchev–Trinajstić information content (AvgIpc) is 3.81. The Balaban J connectivity index is 1.18. The van der Waals surface area contributed by atoms with Gasteiger partial charge < -0.3 is 14.0 Å². The number of hydrogen-bond donors (Lipinski definition) is 1. The molecule has 1 N–H and O–H groups in total. The zero-order valence-corrected chi connectivity index (χ0v) is 34.2. The molecule has 2 aromatic heterocycles. The predicted octanol–water partition coefficient (Wildman–Crippen LogP) is 6.71. The summed E-state index contributed by atoms with van der Waals surface area (Å²) in [6, 6.07) is 12.8. The minimum Gasteiger partial charge on any atom is -0.497 e. The molecule has 2 aromatic carbocycles. The van der Waals surface area contributed by atoms with Crippen molar-refractivity contribution < 1.29 is 32.0 Å². The molecule has 1 saturated carbocycles. The molecule has 8 heterocycles. The highest BCUT2D eigenvalue weighted by Gasteiger charge is 2.84.